The zero-order valence-electron chi connectivity index (χ0n) is 12.3. The molecule has 0 aliphatic heterocycles. The molecule has 2 aromatic rings. The zero-order chi connectivity index (χ0) is 15.2. The van der Waals surface area contributed by atoms with Crippen LogP contribution in [0.5, 0.6) is 0 Å². The van der Waals surface area contributed by atoms with Crippen LogP contribution in [0.4, 0.5) is 8.78 Å². The van der Waals surface area contributed by atoms with Crippen LogP contribution < -0.4 is 5.32 Å². The van der Waals surface area contributed by atoms with Crippen LogP contribution in [0.2, 0.25) is 0 Å². The predicted octanol–water partition coefficient (Wildman–Crippen LogP) is 4.32. The lowest BCUT2D eigenvalue weighted by molar-refractivity contribution is 0.265. The summed E-state index contributed by atoms with van der Waals surface area (Å²) >= 11 is 1.51. The fourth-order valence-electron chi connectivity index (χ4n) is 2.94. The summed E-state index contributed by atoms with van der Waals surface area (Å²) in [5, 5.41) is 3.96. The van der Waals surface area contributed by atoms with Crippen molar-refractivity contribution in [3.63, 3.8) is 0 Å². The number of hydrogen-bond donors (Lipinski definition) is 1. The molecule has 21 heavy (non-hydrogen) atoms. The summed E-state index contributed by atoms with van der Waals surface area (Å²) in [6.07, 6.45) is 1.92. The summed E-state index contributed by atoms with van der Waals surface area (Å²) in [7, 11) is 1.94. The Morgan fingerprint density at radius 2 is 2.10 bits per heavy atom. The second kappa shape index (κ2) is 5.14. The van der Waals surface area contributed by atoms with Crippen LogP contribution in [-0.4, -0.2) is 12.0 Å². The van der Waals surface area contributed by atoms with Crippen molar-refractivity contribution in [3.05, 3.63) is 40.4 Å². The maximum Gasteiger partial charge on any atom is 0.136 e. The van der Waals surface area contributed by atoms with Crippen molar-refractivity contribution in [3.8, 4) is 10.6 Å². The molecule has 112 valence electrons. The maximum absolute atomic E-state index is 13.9. The number of benzene rings is 1. The molecule has 1 atom stereocenters. The summed E-state index contributed by atoms with van der Waals surface area (Å²) in [4.78, 5) is 5.80. The van der Waals surface area contributed by atoms with Gasteiger partial charge in [0.2, 0.25) is 0 Å². The van der Waals surface area contributed by atoms with E-state index in [9.17, 15) is 8.78 Å². The van der Waals surface area contributed by atoms with Crippen molar-refractivity contribution in [2.75, 3.05) is 7.05 Å². The van der Waals surface area contributed by atoms with E-state index in [0.29, 0.717) is 10.6 Å². The number of nitrogens with zero attached hydrogens (tertiary/aromatic N) is 1. The first-order valence-electron chi connectivity index (χ1n) is 7.02. The third kappa shape index (κ3) is 2.72. The molecule has 3 rings (SSSR count). The number of aromatic nitrogens is 1. The highest BCUT2D eigenvalue weighted by Crippen LogP contribution is 2.44. The molecule has 0 saturated carbocycles. The topological polar surface area (TPSA) is 24.9 Å². The molecular weight excluding hydrogens is 290 g/mol. The van der Waals surface area contributed by atoms with Crippen molar-refractivity contribution in [1.82, 2.24) is 10.3 Å². The molecule has 1 aromatic carbocycles. The Bertz CT molecular complexity index is 679. The van der Waals surface area contributed by atoms with Crippen molar-refractivity contribution in [2.45, 2.75) is 32.7 Å². The van der Waals surface area contributed by atoms with Crippen molar-refractivity contribution in [1.29, 1.82) is 0 Å². The highest BCUT2D eigenvalue weighted by atomic mass is 32.1. The number of rotatable bonds is 2. The van der Waals surface area contributed by atoms with Gasteiger partial charge in [0.25, 0.3) is 0 Å². The average Bonchev–Trinajstić information content (AvgIpc) is 2.79. The van der Waals surface area contributed by atoms with Gasteiger partial charge in [-0.25, -0.2) is 13.8 Å². The van der Waals surface area contributed by atoms with Gasteiger partial charge in [0.15, 0.2) is 0 Å². The Morgan fingerprint density at radius 1 is 1.33 bits per heavy atom. The normalized spacial score (nSPS) is 20.3. The summed E-state index contributed by atoms with van der Waals surface area (Å²) in [5.41, 5.74) is 1.59. The fourth-order valence-corrected chi connectivity index (χ4v) is 4.16. The number of halogens is 2. The lowest BCUT2D eigenvalue weighted by Gasteiger charge is -2.34. The van der Waals surface area contributed by atoms with E-state index in [4.69, 9.17) is 0 Å². The summed E-state index contributed by atoms with van der Waals surface area (Å²) in [5.74, 6) is -1.12. The molecule has 1 aliphatic carbocycles. The van der Waals surface area contributed by atoms with Crippen LogP contribution in [0, 0.1) is 17.0 Å². The second-order valence-corrected chi connectivity index (χ2v) is 7.37. The Labute approximate surface area is 127 Å². The first kappa shape index (κ1) is 14.6. The lowest BCUT2D eigenvalue weighted by atomic mass is 9.76. The average molecular weight is 308 g/mol. The molecule has 0 amide bonds. The molecule has 1 aliphatic rings. The molecule has 0 spiro atoms. The molecule has 1 aromatic heterocycles. The van der Waals surface area contributed by atoms with Crippen LogP contribution in [0.3, 0.4) is 0 Å². The van der Waals surface area contributed by atoms with Gasteiger partial charge in [0.05, 0.1) is 5.69 Å². The van der Waals surface area contributed by atoms with E-state index in [1.807, 2.05) is 7.05 Å². The van der Waals surface area contributed by atoms with Crippen LogP contribution in [0.15, 0.2) is 18.2 Å². The molecular formula is C16H18F2N2S. The molecule has 1 unspecified atom stereocenters. The quantitative estimate of drug-likeness (QED) is 0.893. The van der Waals surface area contributed by atoms with Gasteiger partial charge >= 0.3 is 0 Å². The third-order valence-electron chi connectivity index (χ3n) is 3.96. The Kier molecular flexibility index (Phi) is 3.58. The lowest BCUT2D eigenvalue weighted by Crippen LogP contribution is -2.30. The molecule has 0 bridgehead atoms. The molecule has 0 saturated heterocycles. The van der Waals surface area contributed by atoms with Crippen LogP contribution >= 0.6 is 11.3 Å². The Balaban J connectivity index is 2.06. The van der Waals surface area contributed by atoms with E-state index in [0.717, 1.165) is 24.6 Å². The Morgan fingerprint density at radius 3 is 2.76 bits per heavy atom. The highest BCUT2D eigenvalue weighted by Gasteiger charge is 2.34. The molecule has 1 N–H and O–H groups in total. The van der Waals surface area contributed by atoms with E-state index >= 15 is 0 Å². The first-order chi connectivity index (χ1) is 9.89. The summed E-state index contributed by atoms with van der Waals surface area (Å²) in [6.45, 7) is 4.44. The van der Waals surface area contributed by atoms with E-state index in [1.54, 1.807) is 0 Å². The summed E-state index contributed by atoms with van der Waals surface area (Å²) < 4.78 is 27.0. The number of thiazole rings is 1. The smallest absolute Gasteiger partial charge is 0.136 e. The van der Waals surface area contributed by atoms with Crippen molar-refractivity contribution in [2.24, 2.45) is 5.41 Å². The van der Waals surface area contributed by atoms with Crippen LogP contribution in [0.1, 0.15) is 36.9 Å². The number of fused-ring (bicyclic) bond motifs is 1. The monoisotopic (exact) mass is 308 g/mol. The molecule has 0 fully saturated rings. The van der Waals surface area contributed by atoms with Crippen LogP contribution in [0.25, 0.3) is 10.6 Å². The minimum absolute atomic E-state index is 0.174. The molecule has 0 radical (unpaired) electrons. The molecule has 1 heterocycles. The van der Waals surface area contributed by atoms with Gasteiger partial charge in [-0.2, -0.15) is 0 Å². The second-order valence-electron chi connectivity index (χ2n) is 6.34. The minimum atomic E-state index is -0.563. The van der Waals surface area contributed by atoms with Crippen LogP contribution in [-0.2, 0) is 6.42 Å². The predicted molar refractivity (Wildman–Crippen MR) is 81.4 cm³/mol. The number of hydrogen-bond acceptors (Lipinski definition) is 3. The van der Waals surface area contributed by atoms with Gasteiger partial charge in [-0.3, -0.25) is 0 Å². The van der Waals surface area contributed by atoms with Gasteiger partial charge in [-0.15, -0.1) is 11.3 Å². The van der Waals surface area contributed by atoms with Crippen molar-refractivity contribution < 1.29 is 8.78 Å². The number of nitrogens with one attached hydrogen (secondary N) is 1. The molecule has 5 heteroatoms. The maximum atomic E-state index is 13.9. The SMILES string of the molecule is CNC1CC(C)(C)Cc2nc(-c3ccc(F)cc3F)sc21. The standard InChI is InChI=1S/C16H18F2N2S/c1-16(2)7-12(19-3)14-13(8-16)20-15(21-14)10-5-4-9(17)6-11(10)18/h4-6,12,19H,7-8H2,1-3H3. The largest absolute Gasteiger partial charge is 0.312 e. The van der Waals surface area contributed by atoms with Gasteiger partial charge in [-0.1, -0.05) is 13.8 Å². The van der Waals surface area contributed by atoms with Gasteiger partial charge < -0.3 is 5.32 Å². The van der Waals surface area contributed by atoms with E-state index in [1.165, 1.54) is 28.3 Å². The van der Waals surface area contributed by atoms with Gasteiger partial charge in [-0.05, 0) is 37.4 Å². The van der Waals surface area contributed by atoms with Gasteiger partial charge in [0.1, 0.15) is 16.6 Å². The first-order valence-corrected chi connectivity index (χ1v) is 7.83. The fraction of sp³-hybridized carbons (Fsp3) is 0.438. The van der Waals surface area contributed by atoms with Gasteiger partial charge in [0, 0.05) is 22.5 Å². The third-order valence-corrected chi connectivity index (χ3v) is 5.20. The zero-order valence-corrected chi connectivity index (χ0v) is 13.2. The Hall–Kier alpha value is -1.33. The van der Waals surface area contributed by atoms with E-state index < -0.39 is 11.6 Å². The van der Waals surface area contributed by atoms with Crippen molar-refractivity contribution >= 4 is 11.3 Å². The van der Waals surface area contributed by atoms with E-state index in [-0.39, 0.29) is 11.5 Å². The molecule has 2 nitrogen and oxygen atoms in total. The van der Waals surface area contributed by atoms with E-state index in [2.05, 4.69) is 24.1 Å². The highest BCUT2D eigenvalue weighted by molar-refractivity contribution is 7.15. The summed E-state index contributed by atoms with van der Waals surface area (Å²) in [6, 6.07) is 3.90. The minimum Gasteiger partial charge on any atom is -0.312 e.